The van der Waals surface area contributed by atoms with Gasteiger partial charge < -0.3 is 20.1 Å². The Bertz CT molecular complexity index is 2020. The Labute approximate surface area is 311 Å². The first-order valence-electron chi connectivity index (χ1n) is 17.8. The van der Waals surface area contributed by atoms with Crippen molar-refractivity contribution < 1.29 is 14.3 Å². The number of para-hydroxylation sites is 1. The fourth-order valence-electron chi connectivity index (χ4n) is 4.89. The molecule has 6 rings (SSSR count). The zero-order valence-electron chi connectivity index (χ0n) is 32.4. The Morgan fingerprint density at radius 3 is 1.50 bits per heavy atom. The van der Waals surface area contributed by atoms with E-state index in [4.69, 9.17) is 9.47 Å². The largest absolute Gasteiger partial charge is 0.457 e. The van der Waals surface area contributed by atoms with Gasteiger partial charge in [-0.1, -0.05) is 68.4 Å². The molecule has 0 bridgehead atoms. The molecule has 5 nitrogen and oxygen atoms in total. The van der Waals surface area contributed by atoms with Crippen molar-refractivity contribution in [1.82, 2.24) is 0 Å². The van der Waals surface area contributed by atoms with Gasteiger partial charge in [-0.2, -0.15) is 0 Å². The van der Waals surface area contributed by atoms with Crippen LogP contribution in [0.1, 0.15) is 63.1 Å². The van der Waals surface area contributed by atoms with E-state index in [1.165, 1.54) is 33.5 Å². The number of rotatable bonds is 7. The Kier molecular flexibility index (Phi) is 16.2. The number of carbonyl (C=O) groups excluding carboxylic acids is 1. The zero-order chi connectivity index (χ0) is 38.0. The molecule has 5 heteroatoms. The van der Waals surface area contributed by atoms with Crippen LogP contribution in [0, 0.1) is 48.5 Å². The third kappa shape index (κ3) is 13.1. The molecule has 0 heterocycles. The Morgan fingerprint density at radius 2 is 0.981 bits per heavy atom. The van der Waals surface area contributed by atoms with E-state index in [1.54, 1.807) is 0 Å². The van der Waals surface area contributed by atoms with Gasteiger partial charge in [-0.3, -0.25) is 4.79 Å². The van der Waals surface area contributed by atoms with Gasteiger partial charge in [-0.05, 0) is 166 Å². The molecule has 0 aliphatic carbocycles. The smallest absolute Gasteiger partial charge is 0.255 e. The van der Waals surface area contributed by atoms with Crippen molar-refractivity contribution in [3.05, 3.63) is 178 Å². The Balaban J connectivity index is 0.000000223. The van der Waals surface area contributed by atoms with Crippen LogP contribution in [0.15, 0.2) is 133 Å². The number of benzene rings is 6. The van der Waals surface area contributed by atoms with Crippen LogP contribution < -0.4 is 20.1 Å². The fraction of sp³-hybridized carbons (Fsp3) is 0.213. The van der Waals surface area contributed by atoms with Gasteiger partial charge in [0.1, 0.15) is 23.0 Å². The molecule has 0 radical (unpaired) electrons. The molecule has 6 aromatic rings. The number of anilines is 2. The highest BCUT2D eigenvalue weighted by molar-refractivity contribution is 6.04. The van der Waals surface area contributed by atoms with E-state index in [0.717, 1.165) is 39.8 Å². The highest BCUT2D eigenvalue weighted by Crippen LogP contribution is 2.28. The summed E-state index contributed by atoms with van der Waals surface area (Å²) in [5.41, 5.74) is 11.1. The predicted octanol–water partition coefficient (Wildman–Crippen LogP) is 13.1. The van der Waals surface area contributed by atoms with Crippen LogP contribution in [0.2, 0.25) is 0 Å². The second kappa shape index (κ2) is 20.8. The molecular weight excluding hydrogens is 641 g/mol. The second-order valence-corrected chi connectivity index (χ2v) is 12.4. The van der Waals surface area contributed by atoms with Crippen molar-refractivity contribution in [3.63, 3.8) is 0 Å². The molecule has 1 amide bonds. The van der Waals surface area contributed by atoms with Crippen molar-refractivity contribution in [2.45, 2.75) is 62.3 Å². The van der Waals surface area contributed by atoms with Crippen molar-refractivity contribution in [2.24, 2.45) is 0 Å². The van der Waals surface area contributed by atoms with Crippen molar-refractivity contribution in [2.75, 3.05) is 17.7 Å². The van der Waals surface area contributed by atoms with Gasteiger partial charge in [0.2, 0.25) is 0 Å². The van der Waals surface area contributed by atoms with Crippen LogP contribution in [0.4, 0.5) is 11.4 Å². The van der Waals surface area contributed by atoms with Gasteiger partial charge in [-0.15, -0.1) is 0 Å². The molecule has 6 aromatic carbocycles. The van der Waals surface area contributed by atoms with E-state index in [2.05, 4.69) is 49.6 Å². The summed E-state index contributed by atoms with van der Waals surface area (Å²) in [5.74, 6) is 3.22. The molecule has 0 aliphatic rings. The highest BCUT2D eigenvalue weighted by atomic mass is 16.5. The van der Waals surface area contributed by atoms with Gasteiger partial charge in [-0.25, -0.2) is 0 Å². The minimum Gasteiger partial charge on any atom is -0.457 e. The van der Waals surface area contributed by atoms with Gasteiger partial charge in [0, 0.05) is 24.0 Å². The number of ether oxygens (including phenoxy) is 2. The van der Waals surface area contributed by atoms with Crippen LogP contribution in [0.25, 0.3) is 0 Å². The number of hydrogen-bond acceptors (Lipinski definition) is 4. The molecule has 0 saturated carbocycles. The predicted molar refractivity (Wildman–Crippen MR) is 221 cm³/mol. The second-order valence-electron chi connectivity index (χ2n) is 12.4. The maximum absolute atomic E-state index is 12.1. The lowest BCUT2D eigenvalue weighted by molar-refractivity contribution is 0.102. The molecule has 0 fully saturated rings. The summed E-state index contributed by atoms with van der Waals surface area (Å²) >= 11 is 0. The van der Waals surface area contributed by atoms with Crippen LogP contribution >= 0.6 is 0 Å². The quantitative estimate of drug-likeness (QED) is 0.175. The lowest BCUT2D eigenvalue weighted by Gasteiger charge is -2.10. The number of aryl methyl sites for hydroxylation is 7. The van der Waals surface area contributed by atoms with Crippen molar-refractivity contribution >= 4 is 17.3 Å². The first kappa shape index (κ1) is 40.6. The summed E-state index contributed by atoms with van der Waals surface area (Å²) in [6.07, 6.45) is 0. The summed E-state index contributed by atoms with van der Waals surface area (Å²) in [6, 6.07) is 43.6. The molecule has 0 atom stereocenters. The van der Waals surface area contributed by atoms with Crippen LogP contribution in [-0.4, -0.2) is 13.0 Å². The van der Waals surface area contributed by atoms with Gasteiger partial charge >= 0.3 is 0 Å². The molecule has 0 unspecified atom stereocenters. The van der Waals surface area contributed by atoms with Crippen molar-refractivity contribution in [1.29, 1.82) is 0 Å². The van der Waals surface area contributed by atoms with Gasteiger partial charge in [0.05, 0.1) is 0 Å². The monoisotopic (exact) mass is 694 g/mol. The van der Waals surface area contributed by atoms with Crippen LogP contribution in [0.3, 0.4) is 0 Å². The number of hydrogen-bond donors (Lipinski definition) is 2. The molecule has 2 N–H and O–H groups in total. The van der Waals surface area contributed by atoms with E-state index in [0.29, 0.717) is 5.56 Å². The molecular formula is C47H54N2O3. The van der Waals surface area contributed by atoms with E-state index < -0.39 is 0 Å². The standard InChI is InChI=1S/C21H20O2.C16H17NO.C8H11N.C2H6/c1-15-5-4-6-20(13-15)22-18-9-11-19(12-10-18)23-21-8-7-16(2)17(3)14-21;1-11-8-9-14(10-13(11)3)16(18)17-15-7-5-4-6-12(15)2;1-7-4-3-5-8(6-7)9-2;1-2/h4-14H,1-3H3;4-10H,1-3H3,(H,17,18);3-6,9H,1-2H3;1-2H3. The summed E-state index contributed by atoms with van der Waals surface area (Å²) in [5, 5.41) is 6.00. The SMILES string of the molecule is CC.CNc1cccc(C)c1.Cc1ccc(C(=O)Nc2ccccc2C)cc1C.Cc1cccc(Oc2ccc(Oc3ccc(C)c(C)c3)cc2)c1. The molecule has 0 spiro atoms. The van der Waals surface area contributed by atoms with E-state index >= 15 is 0 Å². The maximum Gasteiger partial charge on any atom is 0.255 e. The molecule has 0 saturated heterocycles. The fourth-order valence-corrected chi connectivity index (χ4v) is 4.89. The number of carbonyl (C=O) groups is 1. The van der Waals surface area contributed by atoms with Crippen LogP contribution in [0.5, 0.6) is 23.0 Å². The lowest BCUT2D eigenvalue weighted by atomic mass is 10.1. The summed E-state index contributed by atoms with van der Waals surface area (Å²) in [7, 11) is 1.93. The van der Waals surface area contributed by atoms with E-state index in [-0.39, 0.29) is 5.91 Å². The normalized spacial score (nSPS) is 9.81. The van der Waals surface area contributed by atoms with Gasteiger partial charge in [0.25, 0.3) is 5.91 Å². The lowest BCUT2D eigenvalue weighted by Crippen LogP contribution is -2.12. The Morgan fingerprint density at radius 1 is 0.462 bits per heavy atom. The number of nitrogens with one attached hydrogen (secondary N) is 2. The highest BCUT2D eigenvalue weighted by Gasteiger charge is 2.08. The maximum atomic E-state index is 12.1. The molecule has 0 aromatic heterocycles. The summed E-state index contributed by atoms with van der Waals surface area (Å²) in [4.78, 5) is 12.1. The minimum absolute atomic E-state index is 0.0626. The first-order valence-corrected chi connectivity index (χ1v) is 17.8. The van der Waals surface area contributed by atoms with Crippen molar-refractivity contribution in [3.8, 4) is 23.0 Å². The minimum atomic E-state index is -0.0626. The number of amides is 1. The van der Waals surface area contributed by atoms with E-state index in [1.807, 2.05) is 164 Å². The molecule has 52 heavy (non-hydrogen) atoms. The third-order valence-corrected chi connectivity index (χ3v) is 8.23. The van der Waals surface area contributed by atoms with E-state index in [9.17, 15) is 4.79 Å². The third-order valence-electron chi connectivity index (χ3n) is 8.23. The topological polar surface area (TPSA) is 59.6 Å². The average molecular weight is 695 g/mol. The molecule has 0 aliphatic heterocycles. The van der Waals surface area contributed by atoms with Gasteiger partial charge in [0.15, 0.2) is 0 Å². The first-order chi connectivity index (χ1) is 25.0. The molecule has 270 valence electrons. The summed E-state index contributed by atoms with van der Waals surface area (Å²) < 4.78 is 11.7. The zero-order valence-corrected chi connectivity index (χ0v) is 32.4. The van der Waals surface area contributed by atoms with Crippen LogP contribution in [-0.2, 0) is 0 Å². The summed E-state index contributed by atoms with van der Waals surface area (Å²) in [6.45, 7) is 18.3. The Hall–Kier alpha value is -5.81. The average Bonchev–Trinajstić information content (AvgIpc) is 3.14.